The van der Waals surface area contributed by atoms with Gasteiger partial charge in [-0.1, -0.05) is 0 Å². The number of hydrogen-bond acceptors (Lipinski definition) is 3. The van der Waals surface area contributed by atoms with Gasteiger partial charge in [-0.2, -0.15) is 0 Å². The Bertz CT molecular complexity index is 97.5. The third-order valence-electron chi connectivity index (χ3n) is 2.46. The molecule has 0 aromatic rings. The van der Waals surface area contributed by atoms with Crippen LogP contribution in [-0.4, -0.2) is 38.3 Å². The van der Waals surface area contributed by atoms with Crippen molar-refractivity contribution in [1.82, 2.24) is 10.2 Å². The van der Waals surface area contributed by atoms with Gasteiger partial charge in [0.1, 0.15) is 0 Å². The second kappa shape index (κ2) is 4.70. The lowest BCUT2D eigenvalue weighted by Crippen LogP contribution is -2.39. The zero-order valence-electron chi connectivity index (χ0n) is 7.34. The van der Waals surface area contributed by atoms with E-state index in [-0.39, 0.29) is 0 Å². The van der Waals surface area contributed by atoms with Crippen LogP contribution in [-0.2, 0) is 0 Å². The molecule has 1 fully saturated rings. The maximum absolute atomic E-state index is 5.53. The molecule has 3 N–H and O–H groups in total. The minimum absolute atomic E-state index is 0.728. The maximum Gasteiger partial charge on any atom is 0.0455 e. The van der Waals surface area contributed by atoms with Crippen LogP contribution in [0.4, 0.5) is 0 Å². The van der Waals surface area contributed by atoms with Crippen LogP contribution in [0.2, 0.25) is 0 Å². The Hall–Kier alpha value is -0.120. The van der Waals surface area contributed by atoms with Gasteiger partial charge in [-0.3, -0.25) is 4.90 Å². The number of likely N-dealkylation sites (tertiary alicyclic amines) is 1. The van der Waals surface area contributed by atoms with Gasteiger partial charge in [0.2, 0.25) is 0 Å². The fraction of sp³-hybridized carbons (Fsp3) is 1.00. The summed E-state index contributed by atoms with van der Waals surface area (Å²) < 4.78 is 0. The van der Waals surface area contributed by atoms with E-state index in [9.17, 15) is 0 Å². The molecule has 3 heteroatoms. The smallest absolute Gasteiger partial charge is 0.0455 e. The molecular weight excluding hydrogens is 138 g/mol. The SMILES string of the molecule is CNCC1CCN(CN)CC1. The molecule has 0 aliphatic carbocycles. The predicted molar refractivity (Wildman–Crippen MR) is 47.3 cm³/mol. The Labute approximate surface area is 68.9 Å². The second-order valence-corrected chi connectivity index (χ2v) is 3.30. The predicted octanol–water partition coefficient (Wildman–Crippen LogP) is -0.166. The van der Waals surface area contributed by atoms with E-state index in [4.69, 9.17) is 5.73 Å². The Balaban J connectivity index is 2.14. The van der Waals surface area contributed by atoms with E-state index < -0.39 is 0 Å². The molecule has 11 heavy (non-hydrogen) atoms. The summed E-state index contributed by atoms with van der Waals surface area (Å²) in [6.07, 6.45) is 2.61. The molecule has 1 saturated heterocycles. The van der Waals surface area contributed by atoms with Crippen molar-refractivity contribution in [3.8, 4) is 0 Å². The van der Waals surface area contributed by atoms with Gasteiger partial charge in [0, 0.05) is 6.67 Å². The van der Waals surface area contributed by atoms with E-state index in [1.807, 2.05) is 7.05 Å². The molecule has 0 saturated carbocycles. The van der Waals surface area contributed by atoms with E-state index in [1.165, 1.54) is 32.5 Å². The number of nitrogens with two attached hydrogens (primary N) is 1. The maximum atomic E-state index is 5.53. The number of hydrogen-bond donors (Lipinski definition) is 2. The highest BCUT2D eigenvalue weighted by Crippen LogP contribution is 2.14. The summed E-state index contributed by atoms with van der Waals surface area (Å²) >= 11 is 0. The first kappa shape index (κ1) is 8.97. The normalized spacial score (nSPS) is 22.4. The zero-order valence-corrected chi connectivity index (χ0v) is 7.34. The fourth-order valence-corrected chi connectivity index (χ4v) is 1.66. The largest absolute Gasteiger partial charge is 0.319 e. The summed E-state index contributed by atoms with van der Waals surface area (Å²) in [5.74, 6) is 0.878. The van der Waals surface area contributed by atoms with Crippen molar-refractivity contribution in [1.29, 1.82) is 0 Å². The first-order valence-electron chi connectivity index (χ1n) is 4.44. The summed E-state index contributed by atoms with van der Waals surface area (Å²) in [6.45, 7) is 4.26. The molecule has 66 valence electrons. The molecule has 0 aromatic carbocycles. The standard InChI is InChI=1S/C8H19N3/c1-10-6-8-2-4-11(7-9)5-3-8/h8,10H,2-7,9H2,1H3. The quantitative estimate of drug-likeness (QED) is 0.598. The Morgan fingerprint density at radius 2 is 2.09 bits per heavy atom. The van der Waals surface area contributed by atoms with Gasteiger partial charge in [-0.15, -0.1) is 0 Å². The summed E-state index contributed by atoms with van der Waals surface area (Å²) in [5, 5.41) is 3.22. The average molecular weight is 157 g/mol. The van der Waals surface area contributed by atoms with Gasteiger partial charge in [-0.25, -0.2) is 0 Å². The van der Waals surface area contributed by atoms with E-state index >= 15 is 0 Å². The Morgan fingerprint density at radius 1 is 1.45 bits per heavy atom. The van der Waals surface area contributed by atoms with Crippen LogP contribution in [0.15, 0.2) is 0 Å². The molecule has 1 heterocycles. The number of rotatable bonds is 3. The highest BCUT2D eigenvalue weighted by Gasteiger charge is 2.16. The van der Waals surface area contributed by atoms with Crippen molar-refractivity contribution in [2.75, 3.05) is 33.4 Å². The summed E-state index contributed by atoms with van der Waals surface area (Å²) in [6, 6.07) is 0. The van der Waals surface area contributed by atoms with Gasteiger partial charge >= 0.3 is 0 Å². The monoisotopic (exact) mass is 157 g/mol. The van der Waals surface area contributed by atoms with Crippen molar-refractivity contribution in [2.45, 2.75) is 12.8 Å². The fourth-order valence-electron chi connectivity index (χ4n) is 1.66. The van der Waals surface area contributed by atoms with Crippen LogP contribution in [0.1, 0.15) is 12.8 Å². The van der Waals surface area contributed by atoms with Gasteiger partial charge < -0.3 is 11.1 Å². The molecule has 0 radical (unpaired) electrons. The van der Waals surface area contributed by atoms with Crippen molar-refractivity contribution in [3.63, 3.8) is 0 Å². The zero-order chi connectivity index (χ0) is 8.10. The number of nitrogens with zero attached hydrogens (tertiary/aromatic N) is 1. The number of nitrogens with one attached hydrogen (secondary N) is 1. The summed E-state index contributed by atoms with van der Waals surface area (Å²) in [5.41, 5.74) is 5.53. The highest BCUT2D eigenvalue weighted by molar-refractivity contribution is 4.71. The topological polar surface area (TPSA) is 41.3 Å². The minimum Gasteiger partial charge on any atom is -0.319 e. The molecule has 0 amide bonds. The average Bonchev–Trinajstić information content (AvgIpc) is 2.07. The molecule has 0 unspecified atom stereocenters. The molecule has 0 bridgehead atoms. The highest BCUT2D eigenvalue weighted by atomic mass is 15.2. The lowest BCUT2D eigenvalue weighted by molar-refractivity contribution is 0.188. The van der Waals surface area contributed by atoms with E-state index in [2.05, 4.69) is 10.2 Å². The lowest BCUT2D eigenvalue weighted by Gasteiger charge is -2.30. The Kier molecular flexibility index (Phi) is 3.83. The van der Waals surface area contributed by atoms with Gasteiger partial charge in [0.25, 0.3) is 0 Å². The van der Waals surface area contributed by atoms with Crippen LogP contribution in [0.25, 0.3) is 0 Å². The van der Waals surface area contributed by atoms with Crippen molar-refractivity contribution >= 4 is 0 Å². The summed E-state index contributed by atoms with van der Waals surface area (Å²) in [7, 11) is 2.02. The first-order valence-corrected chi connectivity index (χ1v) is 4.44. The summed E-state index contributed by atoms with van der Waals surface area (Å²) in [4.78, 5) is 2.31. The van der Waals surface area contributed by atoms with Crippen molar-refractivity contribution in [3.05, 3.63) is 0 Å². The molecule has 1 aliphatic heterocycles. The minimum atomic E-state index is 0.728. The van der Waals surface area contributed by atoms with Crippen LogP contribution >= 0.6 is 0 Å². The molecule has 0 spiro atoms. The molecule has 1 aliphatic rings. The molecular formula is C8H19N3. The third kappa shape index (κ3) is 2.77. The molecule has 1 rings (SSSR count). The van der Waals surface area contributed by atoms with Crippen LogP contribution in [0.3, 0.4) is 0 Å². The van der Waals surface area contributed by atoms with Crippen molar-refractivity contribution < 1.29 is 0 Å². The Morgan fingerprint density at radius 3 is 2.55 bits per heavy atom. The third-order valence-corrected chi connectivity index (χ3v) is 2.46. The van der Waals surface area contributed by atoms with Crippen LogP contribution < -0.4 is 11.1 Å². The van der Waals surface area contributed by atoms with E-state index in [1.54, 1.807) is 0 Å². The molecule has 3 nitrogen and oxygen atoms in total. The van der Waals surface area contributed by atoms with E-state index in [0.29, 0.717) is 0 Å². The number of piperidine rings is 1. The first-order chi connectivity index (χ1) is 5.36. The lowest BCUT2D eigenvalue weighted by atomic mass is 9.97. The van der Waals surface area contributed by atoms with Gasteiger partial charge in [-0.05, 0) is 45.4 Å². The second-order valence-electron chi connectivity index (χ2n) is 3.30. The van der Waals surface area contributed by atoms with Gasteiger partial charge in [0.15, 0.2) is 0 Å². The van der Waals surface area contributed by atoms with Gasteiger partial charge in [0.05, 0.1) is 0 Å². The van der Waals surface area contributed by atoms with Crippen LogP contribution in [0.5, 0.6) is 0 Å². The van der Waals surface area contributed by atoms with Crippen LogP contribution in [0, 0.1) is 5.92 Å². The molecule has 0 atom stereocenters. The molecule has 0 aromatic heterocycles. The van der Waals surface area contributed by atoms with E-state index in [0.717, 1.165) is 12.6 Å². The van der Waals surface area contributed by atoms with Crippen molar-refractivity contribution in [2.24, 2.45) is 11.7 Å².